The van der Waals surface area contributed by atoms with Crippen LogP contribution in [0, 0.1) is 0 Å². The molecule has 0 unspecified atom stereocenters. The summed E-state index contributed by atoms with van der Waals surface area (Å²) >= 11 is 0. The first kappa shape index (κ1) is 22.9. The number of anilines is 1. The van der Waals surface area contributed by atoms with Gasteiger partial charge in [-0.05, 0) is 67.9 Å². The van der Waals surface area contributed by atoms with Gasteiger partial charge in [-0.25, -0.2) is 4.68 Å². The quantitative estimate of drug-likeness (QED) is 0.373. The van der Waals surface area contributed by atoms with Crippen LogP contribution in [-0.4, -0.2) is 36.0 Å². The van der Waals surface area contributed by atoms with E-state index in [0.29, 0.717) is 28.4 Å². The molecule has 0 aliphatic rings. The van der Waals surface area contributed by atoms with Gasteiger partial charge in [0.2, 0.25) is 0 Å². The Hall–Kier alpha value is -4.26. The Morgan fingerprint density at radius 2 is 1.62 bits per heavy atom. The number of nitrogens with one attached hydrogen (secondary N) is 1. The van der Waals surface area contributed by atoms with E-state index in [1.165, 1.54) is 0 Å². The lowest BCUT2D eigenvalue weighted by atomic mass is 10.1. The molecule has 7 nitrogen and oxygen atoms in total. The molecule has 1 amide bonds. The molecule has 174 valence electrons. The maximum absolute atomic E-state index is 13.3. The highest BCUT2D eigenvalue weighted by Gasteiger charge is 2.20. The Labute approximate surface area is 198 Å². The molecular weight excluding hydrogens is 430 g/mol. The number of hydrogen-bond donors (Lipinski definition) is 1. The average Bonchev–Trinajstić information content (AvgIpc) is 3.31. The van der Waals surface area contributed by atoms with Gasteiger partial charge in [0.05, 0.1) is 26.0 Å². The van der Waals surface area contributed by atoms with Crippen LogP contribution in [0.25, 0.3) is 16.8 Å². The highest BCUT2D eigenvalue weighted by molar-refractivity contribution is 6.07. The molecule has 3 aromatic carbocycles. The fraction of sp³-hybridized carbons (Fsp3) is 0.185. The number of nitrogens with zero attached hydrogens (tertiary/aromatic N) is 2. The molecule has 1 heterocycles. The third kappa shape index (κ3) is 5.04. The van der Waals surface area contributed by atoms with Crippen molar-refractivity contribution in [3.8, 4) is 34.1 Å². The van der Waals surface area contributed by atoms with Gasteiger partial charge in [-0.2, -0.15) is 5.10 Å². The Bertz CT molecular complexity index is 1270. The number of aromatic nitrogens is 2. The third-order valence-corrected chi connectivity index (χ3v) is 5.13. The molecule has 0 aliphatic carbocycles. The minimum Gasteiger partial charge on any atom is -0.493 e. The second kappa shape index (κ2) is 10.1. The lowest BCUT2D eigenvalue weighted by molar-refractivity contribution is 0.102. The topological polar surface area (TPSA) is 74.6 Å². The molecule has 0 fully saturated rings. The largest absolute Gasteiger partial charge is 0.493 e. The van der Waals surface area contributed by atoms with Crippen molar-refractivity contribution in [2.75, 3.05) is 19.5 Å². The molecule has 0 saturated heterocycles. The first-order valence-electron chi connectivity index (χ1n) is 10.9. The third-order valence-electron chi connectivity index (χ3n) is 5.13. The first-order chi connectivity index (χ1) is 16.5. The van der Waals surface area contributed by atoms with Crippen molar-refractivity contribution in [3.63, 3.8) is 0 Å². The van der Waals surface area contributed by atoms with E-state index in [0.717, 1.165) is 17.0 Å². The number of hydrogen-bond acceptors (Lipinski definition) is 5. The highest BCUT2D eigenvalue weighted by atomic mass is 16.5. The molecular formula is C27H27N3O4. The van der Waals surface area contributed by atoms with Crippen LogP contribution < -0.4 is 19.5 Å². The molecule has 0 radical (unpaired) electrons. The summed E-state index contributed by atoms with van der Waals surface area (Å²) in [6, 6.07) is 22.4. The summed E-state index contributed by atoms with van der Waals surface area (Å²) in [5.41, 5.74) is 3.23. The summed E-state index contributed by atoms with van der Waals surface area (Å²) in [6.07, 6.45) is 1.91. The summed E-state index contributed by atoms with van der Waals surface area (Å²) in [5, 5.41) is 7.55. The maximum atomic E-state index is 13.3. The van der Waals surface area contributed by atoms with Crippen LogP contribution in [-0.2, 0) is 0 Å². The average molecular weight is 458 g/mol. The number of amides is 1. The van der Waals surface area contributed by atoms with E-state index in [1.54, 1.807) is 31.0 Å². The maximum Gasteiger partial charge on any atom is 0.276 e. The van der Waals surface area contributed by atoms with E-state index in [1.807, 2.05) is 80.7 Å². The summed E-state index contributed by atoms with van der Waals surface area (Å²) in [6.45, 7) is 3.93. The zero-order valence-corrected chi connectivity index (χ0v) is 19.6. The molecule has 1 aromatic heterocycles. The van der Waals surface area contributed by atoms with Crippen molar-refractivity contribution in [1.82, 2.24) is 9.78 Å². The van der Waals surface area contributed by atoms with Crippen molar-refractivity contribution in [2.24, 2.45) is 0 Å². The Kier molecular flexibility index (Phi) is 6.82. The van der Waals surface area contributed by atoms with Crippen LogP contribution in [0.5, 0.6) is 17.2 Å². The van der Waals surface area contributed by atoms with E-state index in [4.69, 9.17) is 14.2 Å². The molecule has 4 rings (SSSR count). The van der Waals surface area contributed by atoms with Crippen molar-refractivity contribution in [1.29, 1.82) is 0 Å². The van der Waals surface area contributed by atoms with Crippen molar-refractivity contribution >= 4 is 11.6 Å². The molecule has 7 heteroatoms. The van der Waals surface area contributed by atoms with Crippen molar-refractivity contribution in [3.05, 3.63) is 84.7 Å². The first-order valence-corrected chi connectivity index (χ1v) is 10.9. The van der Waals surface area contributed by atoms with Crippen LogP contribution in [0.3, 0.4) is 0 Å². The van der Waals surface area contributed by atoms with Gasteiger partial charge in [0.25, 0.3) is 5.91 Å². The minimum absolute atomic E-state index is 0.0754. The second-order valence-corrected chi connectivity index (χ2v) is 7.89. The monoisotopic (exact) mass is 457 g/mol. The molecule has 0 spiro atoms. The fourth-order valence-electron chi connectivity index (χ4n) is 3.55. The molecule has 34 heavy (non-hydrogen) atoms. The van der Waals surface area contributed by atoms with Crippen LogP contribution >= 0.6 is 0 Å². The molecule has 0 aliphatic heterocycles. The van der Waals surface area contributed by atoms with Crippen LogP contribution in [0.15, 0.2) is 79.0 Å². The van der Waals surface area contributed by atoms with Crippen LogP contribution in [0.2, 0.25) is 0 Å². The number of methoxy groups -OCH3 is 2. The number of rotatable bonds is 8. The van der Waals surface area contributed by atoms with E-state index < -0.39 is 0 Å². The van der Waals surface area contributed by atoms with Crippen LogP contribution in [0.4, 0.5) is 5.69 Å². The number of ether oxygens (including phenoxy) is 3. The predicted octanol–water partition coefficient (Wildman–Crippen LogP) is 5.60. The Morgan fingerprint density at radius 3 is 2.26 bits per heavy atom. The minimum atomic E-state index is -0.322. The zero-order valence-electron chi connectivity index (χ0n) is 19.6. The van der Waals surface area contributed by atoms with E-state index >= 15 is 0 Å². The summed E-state index contributed by atoms with van der Waals surface area (Å²) in [7, 11) is 3.16. The van der Waals surface area contributed by atoms with Gasteiger partial charge in [-0.15, -0.1) is 0 Å². The smallest absolute Gasteiger partial charge is 0.276 e. The van der Waals surface area contributed by atoms with Gasteiger partial charge >= 0.3 is 0 Å². The van der Waals surface area contributed by atoms with Gasteiger partial charge in [-0.3, -0.25) is 4.79 Å². The van der Waals surface area contributed by atoms with Gasteiger partial charge < -0.3 is 19.5 Å². The summed E-state index contributed by atoms with van der Waals surface area (Å²) in [5.74, 6) is 1.60. The molecule has 0 bridgehead atoms. The van der Waals surface area contributed by atoms with Gasteiger partial charge in [0, 0.05) is 17.4 Å². The predicted molar refractivity (Wildman–Crippen MR) is 132 cm³/mol. The Balaban J connectivity index is 1.70. The van der Waals surface area contributed by atoms with E-state index in [2.05, 4.69) is 10.4 Å². The van der Waals surface area contributed by atoms with E-state index in [9.17, 15) is 4.79 Å². The number of benzene rings is 3. The Morgan fingerprint density at radius 1 is 0.912 bits per heavy atom. The number of carbonyl (C=O) groups is 1. The van der Waals surface area contributed by atoms with Crippen LogP contribution in [0.1, 0.15) is 24.3 Å². The summed E-state index contributed by atoms with van der Waals surface area (Å²) in [4.78, 5) is 13.3. The van der Waals surface area contributed by atoms with Gasteiger partial charge in [0.1, 0.15) is 5.75 Å². The number of carbonyl (C=O) groups excluding carboxylic acids is 1. The van der Waals surface area contributed by atoms with E-state index in [-0.39, 0.29) is 12.0 Å². The fourth-order valence-corrected chi connectivity index (χ4v) is 3.55. The van der Waals surface area contributed by atoms with Gasteiger partial charge in [-0.1, -0.05) is 24.3 Å². The SMILES string of the molecule is COc1ccc(-c2cn(-c3ccccc3)nc2C(=O)Nc2ccc(OC(C)C)cc2)cc1OC. The lowest BCUT2D eigenvalue weighted by Crippen LogP contribution is -2.14. The molecule has 0 saturated carbocycles. The second-order valence-electron chi connectivity index (χ2n) is 7.89. The summed E-state index contributed by atoms with van der Waals surface area (Å²) < 4.78 is 18.2. The molecule has 4 aromatic rings. The zero-order chi connectivity index (χ0) is 24.1. The molecule has 0 atom stereocenters. The standard InChI is InChI=1S/C27H27N3O4/c1-18(2)34-22-13-11-20(12-14-22)28-27(31)26-23(17-30(29-26)21-8-6-5-7-9-21)19-10-15-24(32-3)25(16-19)33-4/h5-18H,1-4H3,(H,28,31). The van der Waals surface area contributed by atoms with Crippen molar-refractivity contribution < 1.29 is 19.0 Å². The van der Waals surface area contributed by atoms with Gasteiger partial charge in [0.15, 0.2) is 17.2 Å². The van der Waals surface area contributed by atoms with Crippen molar-refractivity contribution in [2.45, 2.75) is 20.0 Å². The number of para-hydroxylation sites is 1. The normalized spacial score (nSPS) is 10.7. The molecule has 1 N–H and O–H groups in total. The highest BCUT2D eigenvalue weighted by Crippen LogP contribution is 2.34. The lowest BCUT2D eigenvalue weighted by Gasteiger charge is -2.11.